The molecule has 0 aromatic heterocycles. The molecule has 0 heterocycles. The van der Waals surface area contributed by atoms with E-state index in [-0.39, 0.29) is 0 Å². The van der Waals surface area contributed by atoms with Crippen LogP contribution in [-0.2, 0) is 6.42 Å². The lowest BCUT2D eigenvalue weighted by Gasteiger charge is -2.08. The van der Waals surface area contributed by atoms with Crippen LogP contribution in [0, 0.1) is 11.3 Å². The Labute approximate surface area is 170 Å². The van der Waals surface area contributed by atoms with Crippen LogP contribution in [0.25, 0.3) is 0 Å². The number of rotatable bonds is 8. The van der Waals surface area contributed by atoms with Gasteiger partial charge in [0.15, 0.2) is 0 Å². The molecule has 146 valence electrons. The van der Waals surface area contributed by atoms with E-state index in [0.717, 1.165) is 30.6 Å². The van der Waals surface area contributed by atoms with Crippen LogP contribution < -0.4 is 14.8 Å². The number of aryl methyl sites for hydroxylation is 1. The van der Waals surface area contributed by atoms with Crippen LogP contribution in [0.15, 0.2) is 78.9 Å². The summed E-state index contributed by atoms with van der Waals surface area (Å²) in [6, 6.07) is 26.1. The molecule has 3 aromatic carbocycles. The summed E-state index contributed by atoms with van der Waals surface area (Å²) < 4.78 is 11.0. The molecule has 5 heteroatoms. The van der Waals surface area contributed by atoms with Crippen LogP contribution >= 0.6 is 0 Å². The monoisotopic (exact) mass is 386 g/mol. The second kappa shape index (κ2) is 10.5. The molecule has 0 bridgehead atoms. The molecule has 0 aliphatic rings. The number of ether oxygens (including phenoxy) is 2. The van der Waals surface area contributed by atoms with Gasteiger partial charge in [0, 0.05) is 6.54 Å². The number of para-hydroxylation sites is 1. The van der Waals surface area contributed by atoms with Gasteiger partial charge in [0.25, 0.3) is 0 Å². The molecule has 0 atom stereocenters. The Morgan fingerprint density at radius 2 is 1.59 bits per heavy atom. The van der Waals surface area contributed by atoms with Crippen LogP contribution in [-0.4, -0.2) is 12.6 Å². The summed E-state index contributed by atoms with van der Waals surface area (Å²) in [5.41, 5.74) is 1.80. The molecule has 0 aliphatic heterocycles. The van der Waals surface area contributed by atoms with Crippen LogP contribution in [0.1, 0.15) is 24.0 Å². The highest BCUT2D eigenvalue weighted by atomic mass is 16.6. The van der Waals surface area contributed by atoms with Crippen molar-refractivity contribution >= 4 is 6.09 Å². The van der Waals surface area contributed by atoms with Crippen molar-refractivity contribution in [1.82, 2.24) is 5.32 Å². The third-order valence-corrected chi connectivity index (χ3v) is 4.23. The van der Waals surface area contributed by atoms with Crippen LogP contribution in [0.5, 0.6) is 17.2 Å². The third kappa shape index (κ3) is 6.71. The summed E-state index contributed by atoms with van der Waals surface area (Å²) in [6.07, 6.45) is 2.14. The Bertz CT molecular complexity index is 963. The lowest BCUT2D eigenvalue weighted by Crippen LogP contribution is -2.27. The minimum atomic E-state index is -0.479. The fourth-order valence-corrected chi connectivity index (χ4v) is 2.78. The Hall–Kier alpha value is -3.78. The van der Waals surface area contributed by atoms with E-state index in [1.165, 1.54) is 0 Å². The third-order valence-electron chi connectivity index (χ3n) is 4.23. The molecule has 29 heavy (non-hydrogen) atoms. The first kappa shape index (κ1) is 20.0. The second-order valence-corrected chi connectivity index (χ2v) is 6.47. The molecule has 0 spiro atoms. The van der Waals surface area contributed by atoms with E-state index in [9.17, 15) is 4.79 Å². The van der Waals surface area contributed by atoms with E-state index >= 15 is 0 Å². The van der Waals surface area contributed by atoms with Gasteiger partial charge in [-0.1, -0.05) is 30.3 Å². The summed E-state index contributed by atoms with van der Waals surface area (Å²) in [6.45, 7) is 0.534. The predicted octanol–water partition coefficient (Wildman–Crippen LogP) is 5.46. The van der Waals surface area contributed by atoms with Gasteiger partial charge in [-0.05, 0) is 73.4 Å². The molecule has 5 nitrogen and oxygen atoms in total. The van der Waals surface area contributed by atoms with E-state index in [0.29, 0.717) is 23.6 Å². The van der Waals surface area contributed by atoms with Crippen LogP contribution in [0.3, 0.4) is 0 Å². The minimum Gasteiger partial charge on any atom is -0.457 e. The van der Waals surface area contributed by atoms with Crippen molar-refractivity contribution in [3.63, 3.8) is 0 Å². The molecular formula is C24H22N2O3. The maximum atomic E-state index is 11.9. The first-order chi connectivity index (χ1) is 14.2. The predicted molar refractivity (Wildman–Crippen MR) is 111 cm³/mol. The van der Waals surface area contributed by atoms with Crippen molar-refractivity contribution in [3.8, 4) is 23.3 Å². The van der Waals surface area contributed by atoms with E-state index in [4.69, 9.17) is 14.7 Å². The van der Waals surface area contributed by atoms with Gasteiger partial charge in [-0.2, -0.15) is 5.26 Å². The Kier molecular flexibility index (Phi) is 7.25. The maximum Gasteiger partial charge on any atom is 0.412 e. The normalized spacial score (nSPS) is 10.0. The van der Waals surface area contributed by atoms with E-state index in [1.54, 1.807) is 30.3 Å². The number of hydrogen-bond donors (Lipinski definition) is 1. The highest BCUT2D eigenvalue weighted by Crippen LogP contribution is 2.23. The average Bonchev–Trinajstić information content (AvgIpc) is 2.76. The van der Waals surface area contributed by atoms with E-state index in [1.807, 2.05) is 48.5 Å². The molecule has 0 unspecified atom stereocenters. The quantitative estimate of drug-likeness (QED) is 0.522. The van der Waals surface area contributed by atoms with E-state index < -0.39 is 6.09 Å². The van der Waals surface area contributed by atoms with Crippen molar-refractivity contribution in [2.75, 3.05) is 6.54 Å². The molecule has 0 saturated heterocycles. The number of hydrogen-bond acceptors (Lipinski definition) is 4. The van der Waals surface area contributed by atoms with Gasteiger partial charge >= 0.3 is 6.09 Å². The number of carbonyl (C=O) groups is 1. The fourth-order valence-electron chi connectivity index (χ4n) is 2.78. The van der Waals surface area contributed by atoms with Gasteiger partial charge in [-0.25, -0.2) is 4.79 Å². The van der Waals surface area contributed by atoms with Crippen molar-refractivity contribution in [2.24, 2.45) is 0 Å². The largest absolute Gasteiger partial charge is 0.457 e. The average molecular weight is 386 g/mol. The topological polar surface area (TPSA) is 71.4 Å². The van der Waals surface area contributed by atoms with Crippen LogP contribution in [0.2, 0.25) is 0 Å². The number of nitrogens with zero attached hydrogens (tertiary/aromatic N) is 1. The minimum absolute atomic E-state index is 0.455. The van der Waals surface area contributed by atoms with Gasteiger partial charge in [0.1, 0.15) is 17.2 Å². The Balaban J connectivity index is 1.35. The number of unbranched alkanes of at least 4 members (excludes halogenated alkanes) is 1. The van der Waals surface area contributed by atoms with Crippen molar-refractivity contribution in [3.05, 3.63) is 90.0 Å². The Morgan fingerprint density at radius 3 is 2.34 bits per heavy atom. The summed E-state index contributed by atoms with van der Waals surface area (Å²) in [5.74, 6) is 1.87. The zero-order valence-corrected chi connectivity index (χ0v) is 16.0. The van der Waals surface area contributed by atoms with Crippen molar-refractivity contribution < 1.29 is 14.3 Å². The lowest BCUT2D eigenvalue weighted by atomic mass is 10.1. The molecule has 0 radical (unpaired) electrons. The highest BCUT2D eigenvalue weighted by molar-refractivity contribution is 5.70. The van der Waals surface area contributed by atoms with Gasteiger partial charge in [0.05, 0.1) is 11.6 Å². The molecule has 0 fully saturated rings. The van der Waals surface area contributed by atoms with E-state index in [2.05, 4.69) is 11.4 Å². The fraction of sp³-hybridized carbons (Fsp3) is 0.167. The molecular weight excluding hydrogens is 364 g/mol. The van der Waals surface area contributed by atoms with Gasteiger partial charge in [-0.15, -0.1) is 0 Å². The van der Waals surface area contributed by atoms with Crippen LogP contribution in [0.4, 0.5) is 4.79 Å². The zero-order chi connectivity index (χ0) is 20.3. The summed E-state index contributed by atoms with van der Waals surface area (Å²) >= 11 is 0. The first-order valence-corrected chi connectivity index (χ1v) is 9.50. The molecule has 1 amide bonds. The molecule has 3 rings (SSSR count). The SMILES string of the molecule is N#Cc1cccc(CCCCNC(=O)Oc2ccc(Oc3ccccc3)cc2)c1. The molecule has 0 aliphatic carbocycles. The summed E-state index contributed by atoms with van der Waals surface area (Å²) in [4.78, 5) is 11.9. The number of nitriles is 1. The number of amides is 1. The van der Waals surface area contributed by atoms with Crippen molar-refractivity contribution in [2.45, 2.75) is 19.3 Å². The summed E-state index contributed by atoms with van der Waals surface area (Å²) in [5, 5.41) is 11.7. The molecule has 1 N–H and O–H groups in total. The first-order valence-electron chi connectivity index (χ1n) is 9.50. The van der Waals surface area contributed by atoms with Crippen molar-refractivity contribution in [1.29, 1.82) is 5.26 Å². The smallest absolute Gasteiger partial charge is 0.412 e. The second-order valence-electron chi connectivity index (χ2n) is 6.47. The zero-order valence-electron chi connectivity index (χ0n) is 16.0. The highest BCUT2D eigenvalue weighted by Gasteiger charge is 2.05. The standard InChI is InChI=1S/C24H22N2O3/c25-18-20-9-6-8-19(17-20)7-4-5-16-26-24(27)29-23-14-12-22(13-15-23)28-21-10-2-1-3-11-21/h1-3,6,8-15,17H,4-5,7,16H2,(H,26,27). The van der Waals surface area contributed by atoms with Gasteiger partial charge in [-0.3, -0.25) is 0 Å². The number of benzene rings is 3. The number of carbonyl (C=O) groups excluding carboxylic acids is 1. The Morgan fingerprint density at radius 1 is 0.862 bits per heavy atom. The maximum absolute atomic E-state index is 11.9. The lowest BCUT2D eigenvalue weighted by molar-refractivity contribution is 0.200. The van der Waals surface area contributed by atoms with Gasteiger partial charge in [0.2, 0.25) is 0 Å². The summed E-state index contributed by atoms with van der Waals surface area (Å²) in [7, 11) is 0. The van der Waals surface area contributed by atoms with Gasteiger partial charge < -0.3 is 14.8 Å². The molecule has 3 aromatic rings. The number of nitrogens with one attached hydrogen (secondary N) is 1. The molecule has 0 saturated carbocycles.